The van der Waals surface area contributed by atoms with Crippen LogP contribution in [0.15, 0.2) is 18.2 Å². The molecule has 6 nitrogen and oxygen atoms in total. The van der Waals surface area contributed by atoms with Crippen LogP contribution < -0.4 is 10.1 Å². The Morgan fingerprint density at radius 2 is 2.31 bits per heavy atom. The number of halogens is 1. The van der Waals surface area contributed by atoms with Crippen molar-refractivity contribution in [2.45, 2.75) is 6.92 Å². The SMILES string of the molecule is CC(=O)Nc1ccc(OCBr)cc1[N+](=O)[O-]. The first-order valence-electron chi connectivity index (χ1n) is 4.29. The third-order valence-electron chi connectivity index (χ3n) is 1.70. The minimum absolute atomic E-state index is 0.152. The van der Waals surface area contributed by atoms with E-state index in [2.05, 4.69) is 21.2 Å². The van der Waals surface area contributed by atoms with Crippen LogP contribution in [0.4, 0.5) is 11.4 Å². The molecule has 0 aliphatic heterocycles. The number of hydrogen-bond acceptors (Lipinski definition) is 4. The van der Waals surface area contributed by atoms with Crippen LogP contribution >= 0.6 is 15.9 Å². The number of hydrogen-bond donors (Lipinski definition) is 1. The third-order valence-corrected chi connectivity index (χ3v) is 1.93. The fourth-order valence-corrected chi connectivity index (χ4v) is 1.37. The first-order chi connectivity index (χ1) is 7.54. The van der Waals surface area contributed by atoms with Gasteiger partial charge in [0.05, 0.1) is 11.0 Å². The van der Waals surface area contributed by atoms with Crippen LogP contribution in [-0.2, 0) is 4.79 Å². The van der Waals surface area contributed by atoms with E-state index < -0.39 is 4.92 Å². The third kappa shape index (κ3) is 3.20. The molecule has 0 saturated heterocycles. The molecule has 0 fully saturated rings. The van der Waals surface area contributed by atoms with Crippen molar-refractivity contribution >= 4 is 33.2 Å². The van der Waals surface area contributed by atoms with Crippen molar-refractivity contribution in [2.75, 3.05) is 10.8 Å². The lowest BCUT2D eigenvalue weighted by molar-refractivity contribution is -0.384. The number of carbonyl (C=O) groups excluding carboxylic acids is 1. The summed E-state index contributed by atoms with van der Waals surface area (Å²) in [5.41, 5.74) is 0.192. The summed E-state index contributed by atoms with van der Waals surface area (Å²) in [4.78, 5) is 21.0. The number of rotatable bonds is 4. The molecule has 1 N–H and O–H groups in total. The molecule has 0 saturated carbocycles. The van der Waals surface area contributed by atoms with Gasteiger partial charge in [-0.3, -0.25) is 14.9 Å². The molecule has 16 heavy (non-hydrogen) atoms. The van der Waals surface area contributed by atoms with Gasteiger partial charge in [-0.1, -0.05) is 0 Å². The minimum atomic E-state index is -0.577. The fraction of sp³-hybridized carbons (Fsp3) is 0.222. The average molecular weight is 289 g/mol. The van der Waals surface area contributed by atoms with Crippen molar-refractivity contribution in [1.82, 2.24) is 0 Å². The van der Waals surface area contributed by atoms with Crippen LogP contribution in [0.5, 0.6) is 5.75 Å². The molecular weight excluding hydrogens is 280 g/mol. The van der Waals surface area contributed by atoms with Gasteiger partial charge in [-0.05, 0) is 28.1 Å². The van der Waals surface area contributed by atoms with Gasteiger partial charge >= 0.3 is 0 Å². The molecule has 0 radical (unpaired) electrons. The molecule has 0 aliphatic rings. The summed E-state index contributed by atoms with van der Waals surface area (Å²) in [6.45, 7) is 1.28. The summed E-state index contributed by atoms with van der Waals surface area (Å²) in [7, 11) is 0. The Balaban J connectivity index is 3.08. The Morgan fingerprint density at radius 1 is 1.62 bits per heavy atom. The van der Waals surface area contributed by atoms with E-state index in [1.165, 1.54) is 19.1 Å². The number of benzene rings is 1. The van der Waals surface area contributed by atoms with Crippen LogP contribution in [-0.4, -0.2) is 16.3 Å². The summed E-state index contributed by atoms with van der Waals surface area (Å²) in [5, 5.41) is 13.1. The lowest BCUT2D eigenvalue weighted by atomic mass is 10.2. The number of carbonyl (C=O) groups is 1. The van der Waals surface area contributed by atoms with E-state index in [4.69, 9.17) is 4.74 Å². The van der Waals surface area contributed by atoms with Gasteiger partial charge in [-0.15, -0.1) is 0 Å². The van der Waals surface area contributed by atoms with Gasteiger partial charge in [0.1, 0.15) is 17.0 Å². The molecule has 86 valence electrons. The lowest BCUT2D eigenvalue weighted by Crippen LogP contribution is -2.08. The van der Waals surface area contributed by atoms with Crippen molar-refractivity contribution in [3.63, 3.8) is 0 Å². The number of nitrogens with one attached hydrogen (secondary N) is 1. The number of anilines is 1. The van der Waals surface area contributed by atoms with Gasteiger partial charge in [0.15, 0.2) is 0 Å². The monoisotopic (exact) mass is 288 g/mol. The van der Waals surface area contributed by atoms with Crippen molar-refractivity contribution < 1.29 is 14.5 Å². The topological polar surface area (TPSA) is 81.5 Å². The van der Waals surface area contributed by atoms with Crippen molar-refractivity contribution in [2.24, 2.45) is 0 Å². The molecule has 0 aromatic heterocycles. The van der Waals surface area contributed by atoms with Crippen LogP contribution in [0.1, 0.15) is 6.92 Å². The van der Waals surface area contributed by atoms with Gasteiger partial charge in [0.2, 0.25) is 5.91 Å². The normalized spacial score (nSPS) is 9.62. The van der Waals surface area contributed by atoms with Gasteiger partial charge in [-0.25, -0.2) is 0 Å². The van der Waals surface area contributed by atoms with Crippen molar-refractivity contribution in [3.05, 3.63) is 28.3 Å². The zero-order chi connectivity index (χ0) is 12.1. The molecule has 1 rings (SSSR count). The van der Waals surface area contributed by atoms with E-state index in [1.54, 1.807) is 6.07 Å². The van der Waals surface area contributed by atoms with E-state index in [9.17, 15) is 14.9 Å². The minimum Gasteiger partial charge on any atom is -0.482 e. The average Bonchev–Trinajstić information content (AvgIpc) is 2.19. The second kappa shape index (κ2) is 5.45. The summed E-state index contributed by atoms with van der Waals surface area (Å²) in [5.74, 6) is -0.00469. The maximum Gasteiger partial charge on any atom is 0.296 e. The standard InChI is InChI=1S/C9H9BrN2O4/c1-6(13)11-8-3-2-7(16-5-10)4-9(8)12(14)15/h2-4H,5H2,1H3,(H,11,13). The second-order valence-corrected chi connectivity index (χ2v) is 3.33. The molecule has 0 heterocycles. The first kappa shape index (κ1) is 12.4. The zero-order valence-corrected chi connectivity index (χ0v) is 9.98. The molecule has 1 aromatic carbocycles. The summed E-state index contributed by atoms with van der Waals surface area (Å²) in [6, 6.07) is 4.23. The lowest BCUT2D eigenvalue weighted by Gasteiger charge is -2.06. The number of nitrogens with zero attached hydrogens (tertiary/aromatic N) is 1. The van der Waals surface area contributed by atoms with Crippen molar-refractivity contribution in [3.8, 4) is 5.75 Å². The molecule has 0 bridgehead atoms. The highest BCUT2D eigenvalue weighted by atomic mass is 79.9. The molecule has 7 heteroatoms. The number of nitro groups is 1. The molecule has 1 amide bonds. The van der Waals surface area contributed by atoms with Gasteiger partial charge in [-0.2, -0.15) is 0 Å². The predicted octanol–water partition coefficient (Wildman–Crippen LogP) is 2.28. The highest BCUT2D eigenvalue weighted by Crippen LogP contribution is 2.29. The summed E-state index contributed by atoms with van der Waals surface area (Å²) >= 11 is 3.04. The maximum absolute atomic E-state index is 10.8. The molecule has 1 aromatic rings. The largest absolute Gasteiger partial charge is 0.482 e. The highest BCUT2D eigenvalue weighted by molar-refractivity contribution is 9.09. The van der Waals surface area contributed by atoms with Crippen LogP contribution in [0.2, 0.25) is 0 Å². The second-order valence-electron chi connectivity index (χ2n) is 2.87. The van der Waals surface area contributed by atoms with Gasteiger partial charge in [0, 0.05) is 6.92 Å². The summed E-state index contributed by atoms with van der Waals surface area (Å²) < 4.78 is 5.06. The molecule has 0 atom stereocenters. The van der Waals surface area contributed by atoms with Crippen LogP contribution in [0.3, 0.4) is 0 Å². The van der Waals surface area contributed by atoms with Crippen LogP contribution in [0.25, 0.3) is 0 Å². The van der Waals surface area contributed by atoms with E-state index in [-0.39, 0.29) is 22.8 Å². The van der Waals surface area contributed by atoms with Crippen LogP contribution in [0, 0.1) is 10.1 Å². The van der Waals surface area contributed by atoms with E-state index in [1.807, 2.05) is 0 Å². The van der Waals surface area contributed by atoms with E-state index >= 15 is 0 Å². The number of amides is 1. The quantitative estimate of drug-likeness (QED) is 0.523. The van der Waals surface area contributed by atoms with E-state index in [0.717, 1.165) is 0 Å². The number of nitro benzene ring substituents is 1. The van der Waals surface area contributed by atoms with Gasteiger partial charge in [0.25, 0.3) is 5.69 Å². The highest BCUT2D eigenvalue weighted by Gasteiger charge is 2.15. The first-order valence-corrected chi connectivity index (χ1v) is 5.41. The van der Waals surface area contributed by atoms with Crippen molar-refractivity contribution in [1.29, 1.82) is 0 Å². The zero-order valence-electron chi connectivity index (χ0n) is 8.40. The number of ether oxygens (including phenoxy) is 1. The smallest absolute Gasteiger partial charge is 0.296 e. The van der Waals surface area contributed by atoms with E-state index in [0.29, 0.717) is 5.75 Å². The Bertz CT molecular complexity index is 422. The Kier molecular flexibility index (Phi) is 4.24. The Morgan fingerprint density at radius 3 is 2.81 bits per heavy atom. The van der Waals surface area contributed by atoms with Gasteiger partial charge < -0.3 is 10.1 Å². The molecule has 0 spiro atoms. The number of alkyl halides is 1. The Hall–Kier alpha value is -1.63. The molecular formula is C9H9BrN2O4. The predicted molar refractivity (Wildman–Crippen MR) is 61.8 cm³/mol. The molecule has 0 unspecified atom stereocenters. The maximum atomic E-state index is 10.8. The summed E-state index contributed by atoms with van der Waals surface area (Å²) in [6.07, 6.45) is 0. The Labute approximate surface area is 99.9 Å². The molecule has 0 aliphatic carbocycles. The fourth-order valence-electron chi connectivity index (χ4n) is 1.11.